The smallest absolute Gasteiger partial charge is 0.251 e. The molecule has 0 aliphatic heterocycles. The van der Waals surface area contributed by atoms with Gasteiger partial charge >= 0.3 is 0 Å². The molecule has 0 atom stereocenters. The number of methoxy groups -OCH3 is 1. The van der Waals surface area contributed by atoms with Crippen molar-refractivity contribution >= 4 is 29.4 Å². The number of pyridine rings is 1. The van der Waals surface area contributed by atoms with E-state index in [1.807, 2.05) is 42.5 Å². The molecule has 13 heteroatoms. The lowest BCUT2D eigenvalue weighted by atomic mass is 10.2. The monoisotopic (exact) mass is 601 g/mol. The number of carbonyl (C=O) groups excluding carboxylic acids is 1. The summed E-state index contributed by atoms with van der Waals surface area (Å²) in [6, 6.07) is 20.6. The van der Waals surface area contributed by atoms with Crippen LogP contribution in [-0.4, -0.2) is 79.0 Å². The predicted molar refractivity (Wildman–Crippen MR) is 169 cm³/mol. The maximum atomic E-state index is 12.5. The predicted octanol–water partition coefficient (Wildman–Crippen LogP) is 3.01. The summed E-state index contributed by atoms with van der Waals surface area (Å²) >= 11 is 0. The highest BCUT2D eigenvalue weighted by atomic mass is 16.5. The fourth-order valence-corrected chi connectivity index (χ4v) is 3.94. The van der Waals surface area contributed by atoms with Crippen LogP contribution in [0.3, 0.4) is 0 Å². The van der Waals surface area contributed by atoms with Crippen molar-refractivity contribution in [3.63, 3.8) is 0 Å². The number of carbonyl (C=O) groups is 1. The Morgan fingerprint density at radius 1 is 0.795 bits per heavy atom. The van der Waals surface area contributed by atoms with Crippen LogP contribution in [0.2, 0.25) is 0 Å². The molecule has 2 aromatic heterocycles. The van der Waals surface area contributed by atoms with Crippen LogP contribution < -0.4 is 31.7 Å². The lowest BCUT2D eigenvalue weighted by Gasteiger charge is -2.12. The molecule has 44 heavy (non-hydrogen) atoms. The van der Waals surface area contributed by atoms with E-state index in [0.717, 1.165) is 17.0 Å². The van der Waals surface area contributed by atoms with Crippen molar-refractivity contribution in [1.29, 1.82) is 0 Å². The van der Waals surface area contributed by atoms with E-state index in [1.165, 1.54) is 0 Å². The fraction of sp³-hybridized carbons (Fsp3) is 0.323. The van der Waals surface area contributed by atoms with Crippen molar-refractivity contribution in [3.8, 4) is 5.75 Å². The number of nitrogens with one attached hydrogen (secondary N) is 4. The molecule has 0 fully saturated rings. The zero-order valence-corrected chi connectivity index (χ0v) is 24.8. The van der Waals surface area contributed by atoms with Crippen LogP contribution in [0.25, 0.3) is 0 Å². The number of nitrogens with two attached hydrogens (primary N) is 1. The van der Waals surface area contributed by atoms with Gasteiger partial charge in [-0.25, -0.2) is 0 Å². The molecule has 0 spiro atoms. The number of nitrogens with zero attached hydrogens (tertiary/aromatic N) is 4. The molecule has 0 bridgehead atoms. The number of hydrogen-bond acceptors (Lipinski definition) is 12. The van der Waals surface area contributed by atoms with Gasteiger partial charge in [-0.15, -0.1) is 0 Å². The summed E-state index contributed by atoms with van der Waals surface area (Å²) in [5.74, 6) is 1.77. The van der Waals surface area contributed by atoms with E-state index in [9.17, 15) is 4.79 Å². The lowest BCUT2D eigenvalue weighted by Crippen LogP contribution is -2.27. The molecule has 0 unspecified atom stereocenters. The van der Waals surface area contributed by atoms with E-state index in [2.05, 4.69) is 41.2 Å². The third kappa shape index (κ3) is 11.1. The van der Waals surface area contributed by atoms with E-state index in [4.69, 9.17) is 19.9 Å². The lowest BCUT2D eigenvalue weighted by molar-refractivity contribution is 0.0511. The average molecular weight is 602 g/mol. The van der Waals surface area contributed by atoms with Gasteiger partial charge in [-0.1, -0.05) is 18.2 Å². The molecule has 4 rings (SSSR count). The van der Waals surface area contributed by atoms with Crippen molar-refractivity contribution in [3.05, 3.63) is 89.7 Å². The second kappa shape index (κ2) is 18.0. The Bertz CT molecular complexity index is 1410. The van der Waals surface area contributed by atoms with E-state index >= 15 is 0 Å². The van der Waals surface area contributed by atoms with Crippen LogP contribution in [0.1, 0.15) is 21.6 Å². The zero-order valence-electron chi connectivity index (χ0n) is 24.8. The number of hydrogen-bond donors (Lipinski definition) is 5. The van der Waals surface area contributed by atoms with Gasteiger partial charge < -0.3 is 41.2 Å². The Balaban J connectivity index is 1.34. The topological polar surface area (TPSA) is 170 Å². The second-order valence-corrected chi connectivity index (χ2v) is 9.48. The molecule has 0 saturated carbocycles. The number of amides is 1. The highest BCUT2D eigenvalue weighted by molar-refractivity contribution is 5.94. The van der Waals surface area contributed by atoms with Crippen molar-refractivity contribution in [2.45, 2.75) is 13.0 Å². The molecular weight excluding hydrogens is 562 g/mol. The first-order valence-electron chi connectivity index (χ1n) is 14.4. The molecule has 1 amide bonds. The third-order valence-electron chi connectivity index (χ3n) is 6.20. The van der Waals surface area contributed by atoms with E-state index < -0.39 is 0 Å². The summed E-state index contributed by atoms with van der Waals surface area (Å²) in [5, 5.41) is 12.6. The molecular formula is C31H39N9O4. The van der Waals surface area contributed by atoms with Crippen molar-refractivity contribution < 1.29 is 19.0 Å². The van der Waals surface area contributed by atoms with Crippen molar-refractivity contribution in [2.24, 2.45) is 5.73 Å². The summed E-state index contributed by atoms with van der Waals surface area (Å²) in [5.41, 5.74) is 8.63. The van der Waals surface area contributed by atoms with Gasteiger partial charge in [0.15, 0.2) is 0 Å². The molecule has 2 aromatic carbocycles. The minimum Gasteiger partial charge on any atom is -0.497 e. The van der Waals surface area contributed by atoms with Gasteiger partial charge in [-0.3, -0.25) is 9.78 Å². The summed E-state index contributed by atoms with van der Waals surface area (Å²) < 4.78 is 15.9. The standard InChI is InChI=1S/C31H39N9O4/c1-42-27-11-5-23(6-12-27)22-36-30-38-29(35-16-13-25-4-2-3-15-33-25)39-31(40-30)37-26-9-7-24(8-10-26)28(41)34-17-19-44-21-20-43-18-14-32/h2-12,15H,13-14,16-22,32H2,1H3,(H,34,41)(H3,35,36,37,38,39,40). The molecule has 13 nitrogen and oxygen atoms in total. The van der Waals surface area contributed by atoms with Crippen molar-refractivity contribution in [2.75, 3.05) is 69.1 Å². The van der Waals surface area contributed by atoms with Crippen LogP contribution in [0, 0.1) is 0 Å². The average Bonchev–Trinajstić information content (AvgIpc) is 3.06. The highest BCUT2D eigenvalue weighted by Gasteiger charge is 2.10. The summed E-state index contributed by atoms with van der Waals surface area (Å²) in [4.78, 5) is 30.5. The molecule has 2 heterocycles. The van der Waals surface area contributed by atoms with E-state index in [0.29, 0.717) is 88.1 Å². The molecule has 0 radical (unpaired) electrons. The normalized spacial score (nSPS) is 10.7. The summed E-state index contributed by atoms with van der Waals surface area (Å²) in [6.45, 7) is 3.80. The Kier molecular flexibility index (Phi) is 13.1. The van der Waals surface area contributed by atoms with Gasteiger partial charge in [0.25, 0.3) is 5.91 Å². The molecule has 6 N–H and O–H groups in total. The number of anilines is 4. The first-order valence-corrected chi connectivity index (χ1v) is 14.4. The van der Waals surface area contributed by atoms with Crippen LogP contribution in [0.4, 0.5) is 23.5 Å². The summed E-state index contributed by atoms with van der Waals surface area (Å²) in [6.07, 6.45) is 2.48. The van der Waals surface area contributed by atoms with Gasteiger partial charge in [0.05, 0.1) is 33.5 Å². The molecule has 0 aliphatic carbocycles. The number of rotatable bonds is 19. The molecule has 0 saturated heterocycles. The SMILES string of the molecule is COc1ccc(CNc2nc(NCCc3ccccn3)nc(Nc3ccc(C(=O)NCCOCCOCCN)cc3)n2)cc1. The fourth-order valence-electron chi connectivity index (χ4n) is 3.94. The van der Waals surface area contributed by atoms with Gasteiger partial charge in [-0.05, 0) is 54.1 Å². The van der Waals surface area contributed by atoms with Crippen molar-refractivity contribution in [1.82, 2.24) is 25.3 Å². The second-order valence-electron chi connectivity index (χ2n) is 9.48. The zero-order chi connectivity index (χ0) is 30.8. The Morgan fingerprint density at radius 2 is 1.52 bits per heavy atom. The number of ether oxygens (including phenoxy) is 3. The molecule has 4 aromatic rings. The third-order valence-corrected chi connectivity index (χ3v) is 6.20. The minimum absolute atomic E-state index is 0.191. The molecule has 0 aliphatic rings. The van der Waals surface area contributed by atoms with Crippen LogP contribution in [-0.2, 0) is 22.4 Å². The maximum absolute atomic E-state index is 12.5. The Labute approximate surface area is 257 Å². The minimum atomic E-state index is -0.191. The maximum Gasteiger partial charge on any atom is 0.251 e. The quantitative estimate of drug-likeness (QED) is 0.0997. The van der Waals surface area contributed by atoms with Gasteiger partial charge in [0, 0.05) is 55.7 Å². The largest absolute Gasteiger partial charge is 0.497 e. The Hall–Kier alpha value is -4.85. The van der Waals surface area contributed by atoms with Gasteiger partial charge in [0.1, 0.15) is 5.75 Å². The number of benzene rings is 2. The summed E-state index contributed by atoms with van der Waals surface area (Å²) in [7, 11) is 1.64. The Morgan fingerprint density at radius 3 is 2.23 bits per heavy atom. The van der Waals surface area contributed by atoms with Gasteiger partial charge in [0.2, 0.25) is 17.8 Å². The van der Waals surface area contributed by atoms with E-state index in [1.54, 1.807) is 37.6 Å². The van der Waals surface area contributed by atoms with Crippen LogP contribution in [0.15, 0.2) is 72.9 Å². The first-order chi connectivity index (χ1) is 21.6. The van der Waals surface area contributed by atoms with Gasteiger partial charge in [-0.2, -0.15) is 15.0 Å². The van der Waals surface area contributed by atoms with Crippen LogP contribution in [0.5, 0.6) is 5.75 Å². The molecule has 232 valence electrons. The highest BCUT2D eigenvalue weighted by Crippen LogP contribution is 2.18. The van der Waals surface area contributed by atoms with Crippen LogP contribution >= 0.6 is 0 Å². The number of aromatic nitrogens is 4. The first kappa shape index (κ1) is 32.1. The van der Waals surface area contributed by atoms with E-state index in [-0.39, 0.29) is 5.91 Å².